The number of rotatable bonds is 5. The summed E-state index contributed by atoms with van der Waals surface area (Å²) in [5.74, 6) is -0.0819. The second-order valence-corrected chi connectivity index (χ2v) is 10.2. The second-order valence-electron chi connectivity index (χ2n) is 9.13. The number of benzene rings is 1. The first-order valence-corrected chi connectivity index (χ1v) is 12.0. The highest BCUT2D eigenvalue weighted by molar-refractivity contribution is 7.19. The van der Waals surface area contributed by atoms with Crippen molar-refractivity contribution in [3.63, 3.8) is 0 Å². The number of nitrogen functional groups attached to an aromatic ring is 1. The number of nitrogens with two attached hydrogens (primary N) is 2. The minimum absolute atomic E-state index is 0.0819. The summed E-state index contributed by atoms with van der Waals surface area (Å²) in [5.41, 5.74) is 17.7. The van der Waals surface area contributed by atoms with Gasteiger partial charge in [-0.1, -0.05) is 6.07 Å². The van der Waals surface area contributed by atoms with Gasteiger partial charge in [0.25, 0.3) is 0 Å². The Bertz CT molecular complexity index is 1140. The van der Waals surface area contributed by atoms with Crippen LogP contribution in [-0.4, -0.2) is 41.9 Å². The van der Waals surface area contributed by atoms with Gasteiger partial charge in [-0.15, -0.1) is 11.3 Å². The molecule has 0 radical (unpaired) electrons. The summed E-state index contributed by atoms with van der Waals surface area (Å²) in [4.78, 5) is 8.32. The number of aromatic nitrogens is 1. The van der Waals surface area contributed by atoms with Gasteiger partial charge in [0.2, 0.25) is 0 Å². The smallest absolute Gasteiger partial charge is 0.142 e. The van der Waals surface area contributed by atoms with Gasteiger partial charge < -0.3 is 21.5 Å². The summed E-state index contributed by atoms with van der Waals surface area (Å²) in [5, 5.41) is 15.1. The fourth-order valence-corrected chi connectivity index (χ4v) is 6.05. The van der Waals surface area contributed by atoms with Gasteiger partial charge in [0.1, 0.15) is 11.1 Å². The van der Waals surface area contributed by atoms with Crippen LogP contribution in [0.1, 0.15) is 34.3 Å². The molecule has 1 aromatic carbocycles. The van der Waals surface area contributed by atoms with Crippen LogP contribution in [-0.2, 0) is 12.8 Å². The summed E-state index contributed by atoms with van der Waals surface area (Å²) in [6, 6.07) is 10.5. The summed E-state index contributed by atoms with van der Waals surface area (Å²) in [7, 11) is 0. The molecule has 6 nitrogen and oxygen atoms in total. The number of thiophene rings is 1. The molecule has 3 heterocycles. The SMILES string of the molecule is Cc1ccc2c(N)c(C(O)N[C@H]3CCc4cc(N5C[C@@H](CF)[C@@H](N)C5)ccc4C3)sc2n1. The molecule has 3 aromatic rings. The lowest BCUT2D eigenvalue weighted by atomic mass is 9.87. The van der Waals surface area contributed by atoms with Crippen molar-refractivity contribution in [3.8, 4) is 0 Å². The summed E-state index contributed by atoms with van der Waals surface area (Å²) in [6.07, 6.45) is 1.90. The number of aliphatic hydroxyl groups is 1. The number of halogens is 1. The average Bonchev–Trinajstić information content (AvgIpc) is 3.32. The molecule has 32 heavy (non-hydrogen) atoms. The second kappa shape index (κ2) is 8.59. The molecule has 5 rings (SSSR count). The molecule has 0 bridgehead atoms. The van der Waals surface area contributed by atoms with E-state index in [9.17, 15) is 9.50 Å². The van der Waals surface area contributed by atoms with Crippen molar-refractivity contribution in [2.45, 2.75) is 44.5 Å². The zero-order valence-electron chi connectivity index (χ0n) is 18.2. The van der Waals surface area contributed by atoms with E-state index >= 15 is 0 Å². The van der Waals surface area contributed by atoms with E-state index in [2.05, 4.69) is 33.4 Å². The Labute approximate surface area is 191 Å². The maximum absolute atomic E-state index is 13.1. The number of hydrogen-bond donors (Lipinski definition) is 4. The van der Waals surface area contributed by atoms with E-state index in [4.69, 9.17) is 11.5 Å². The lowest BCUT2D eigenvalue weighted by molar-refractivity contribution is 0.124. The van der Waals surface area contributed by atoms with Crippen LogP contribution in [0.4, 0.5) is 15.8 Å². The topological polar surface area (TPSA) is 100 Å². The summed E-state index contributed by atoms with van der Waals surface area (Å²) < 4.78 is 13.1. The highest BCUT2D eigenvalue weighted by atomic mass is 32.1. The number of aliphatic hydroxyl groups excluding tert-OH is 1. The van der Waals surface area contributed by atoms with Crippen molar-refractivity contribution in [3.05, 3.63) is 52.0 Å². The Hall–Kier alpha value is -2.26. The van der Waals surface area contributed by atoms with Crippen LogP contribution in [0.3, 0.4) is 0 Å². The van der Waals surface area contributed by atoms with Gasteiger partial charge >= 0.3 is 0 Å². The number of nitrogens with one attached hydrogen (secondary N) is 1. The maximum Gasteiger partial charge on any atom is 0.142 e. The van der Waals surface area contributed by atoms with Crippen molar-refractivity contribution in [1.82, 2.24) is 10.3 Å². The normalized spacial score (nSPS) is 24.1. The fraction of sp³-hybridized carbons (Fsp3) is 0.458. The zero-order chi connectivity index (χ0) is 22.4. The number of hydrogen-bond acceptors (Lipinski definition) is 7. The Balaban J connectivity index is 1.27. The Kier molecular flexibility index (Phi) is 5.79. The molecule has 0 amide bonds. The lowest BCUT2D eigenvalue weighted by Gasteiger charge is -2.29. The van der Waals surface area contributed by atoms with E-state index in [0.717, 1.165) is 45.7 Å². The first-order valence-electron chi connectivity index (χ1n) is 11.2. The maximum atomic E-state index is 13.1. The number of fused-ring (bicyclic) bond motifs is 2. The Morgan fingerprint density at radius 3 is 2.91 bits per heavy atom. The van der Waals surface area contributed by atoms with Gasteiger partial charge in [-0.3, -0.25) is 9.71 Å². The van der Waals surface area contributed by atoms with Crippen LogP contribution < -0.4 is 21.7 Å². The zero-order valence-corrected chi connectivity index (χ0v) is 19.0. The number of nitrogens with zero attached hydrogens (tertiary/aromatic N) is 2. The molecule has 2 aromatic heterocycles. The van der Waals surface area contributed by atoms with Crippen LogP contribution in [0.25, 0.3) is 10.2 Å². The minimum Gasteiger partial charge on any atom is -0.397 e. The number of pyridine rings is 1. The van der Waals surface area contributed by atoms with E-state index in [1.807, 2.05) is 19.1 Å². The van der Waals surface area contributed by atoms with Gasteiger partial charge in [-0.2, -0.15) is 0 Å². The number of alkyl halides is 1. The number of aryl methyl sites for hydroxylation is 2. The highest BCUT2D eigenvalue weighted by Crippen LogP contribution is 2.37. The van der Waals surface area contributed by atoms with E-state index in [0.29, 0.717) is 18.8 Å². The van der Waals surface area contributed by atoms with Gasteiger partial charge in [0.05, 0.1) is 17.2 Å². The van der Waals surface area contributed by atoms with Crippen molar-refractivity contribution in [2.75, 3.05) is 30.4 Å². The molecular weight excluding hydrogens is 425 g/mol. The first kappa shape index (κ1) is 21.6. The van der Waals surface area contributed by atoms with Crippen molar-refractivity contribution in [1.29, 1.82) is 0 Å². The fourth-order valence-electron chi connectivity index (χ4n) is 4.96. The van der Waals surface area contributed by atoms with Crippen LogP contribution in [0, 0.1) is 12.8 Å². The third-order valence-corrected chi connectivity index (χ3v) is 8.04. The molecule has 1 aliphatic carbocycles. The monoisotopic (exact) mass is 455 g/mol. The molecule has 1 aliphatic heterocycles. The molecule has 170 valence electrons. The van der Waals surface area contributed by atoms with E-state index < -0.39 is 6.23 Å². The van der Waals surface area contributed by atoms with Crippen LogP contribution in [0.15, 0.2) is 30.3 Å². The van der Waals surface area contributed by atoms with Crippen LogP contribution >= 0.6 is 11.3 Å². The Morgan fingerprint density at radius 1 is 1.28 bits per heavy atom. The summed E-state index contributed by atoms with van der Waals surface area (Å²) in [6.45, 7) is 2.97. The van der Waals surface area contributed by atoms with Crippen LogP contribution in [0.5, 0.6) is 0 Å². The molecule has 0 saturated carbocycles. The van der Waals surface area contributed by atoms with Crippen molar-refractivity contribution in [2.24, 2.45) is 11.7 Å². The highest BCUT2D eigenvalue weighted by Gasteiger charge is 2.31. The van der Waals surface area contributed by atoms with Gasteiger partial charge in [-0.05, 0) is 61.6 Å². The van der Waals surface area contributed by atoms with Crippen molar-refractivity contribution >= 4 is 32.9 Å². The Morgan fingerprint density at radius 2 is 2.12 bits per heavy atom. The molecular formula is C24H30FN5OS. The molecule has 6 N–H and O–H groups in total. The molecule has 8 heteroatoms. The molecule has 2 aliphatic rings. The van der Waals surface area contributed by atoms with E-state index in [-0.39, 0.29) is 24.7 Å². The average molecular weight is 456 g/mol. The predicted molar refractivity (Wildman–Crippen MR) is 129 cm³/mol. The third-order valence-electron chi connectivity index (χ3n) is 6.88. The van der Waals surface area contributed by atoms with Gasteiger partial charge in [-0.25, -0.2) is 4.98 Å². The van der Waals surface area contributed by atoms with E-state index in [1.54, 1.807) is 0 Å². The minimum atomic E-state index is -0.816. The molecule has 1 unspecified atom stereocenters. The quantitative estimate of drug-likeness (QED) is 0.441. The van der Waals surface area contributed by atoms with Crippen molar-refractivity contribution < 1.29 is 9.50 Å². The molecule has 0 spiro atoms. The van der Waals surface area contributed by atoms with E-state index in [1.165, 1.54) is 22.5 Å². The molecule has 1 fully saturated rings. The van der Waals surface area contributed by atoms with Crippen LogP contribution in [0.2, 0.25) is 0 Å². The lowest BCUT2D eigenvalue weighted by Crippen LogP contribution is -2.37. The van der Waals surface area contributed by atoms with Gasteiger partial charge in [0.15, 0.2) is 0 Å². The standard InChI is InChI=1S/C24H30FN5OS/c1-13-2-7-19-21(27)22(32-24(19)28-13)23(31)29-17-5-3-15-9-18(6-4-14(15)8-17)30-11-16(10-25)20(26)12-30/h2,4,6-7,9,16-17,20,23,29,31H,3,5,8,10-12,26-27H2,1H3/t16-,17+,20+,23?/m1/s1. The summed E-state index contributed by atoms with van der Waals surface area (Å²) >= 11 is 1.45. The third kappa shape index (κ3) is 3.96. The number of anilines is 2. The molecule has 4 atom stereocenters. The molecule has 1 saturated heterocycles. The van der Waals surface area contributed by atoms with Gasteiger partial charge in [0, 0.05) is 47.9 Å². The first-order chi connectivity index (χ1) is 15.4. The predicted octanol–water partition coefficient (Wildman–Crippen LogP) is 3.06. The largest absolute Gasteiger partial charge is 0.397 e.